The van der Waals surface area contributed by atoms with Crippen molar-refractivity contribution in [1.82, 2.24) is 0 Å². The molecule has 128 valence electrons. The summed E-state index contributed by atoms with van der Waals surface area (Å²) in [5.41, 5.74) is 2.12. The molecule has 1 amide bonds. The molecule has 0 aliphatic carbocycles. The minimum absolute atomic E-state index is 0.189. The van der Waals surface area contributed by atoms with E-state index < -0.39 is 6.10 Å². The summed E-state index contributed by atoms with van der Waals surface area (Å²) in [6.07, 6.45) is -0.318. The molecule has 0 radical (unpaired) electrons. The number of anilines is 1. The standard InChI is InChI=1S/C18H16N2O5/c1-22-14-5-3-2-4-12(14)13-9-17(25-20-13)18(21)19-11-6-7-15-16(8-11)24-10-23-15/h2-8,17H,9-10H2,1H3,(H,19,21)/t17-/m1/s1. The highest BCUT2D eigenvalue weighted by Crippen LogP contribution is 2.34. The van der Waals surface area contributed by atoms with Gasteiger partial charge in [0, 0.05) is 23.7 Å². The molecule has 0 aromatic heterocycles. The first-order valence-corrected chi connectivity index (χ1v) is 7.81. The van der Waals surface area contributed by atoms with Crippen molar-refractivity contribution in [2.24, 2.45) is 5.16 Å². The maximum Gasteiger partial charge on any atom is 0.268 e. The van der Waals surface area contributed by atoms with Crippen LogP contribution in [-0.4, -0.2) is 31.6 Å². The van der Waals surface area contributed by atoms with Gasteiger partial charge in [0.25, 0.3) is 5.91 Å². The Morgan fingerprint density at radius 2 is 2.04 bits per heavy atom. The first kappa shape index (κ1) is 15.3. The summed E-state index contributed by atoms with van der Waals surface area (Å²) in [7, 11) is 1.60. The molecule has 2 aromatic carbocycles. The lowest BCUT2D eigenvalue weighted by atomic mass is 10.0. The van der Waals surface area contributed by atoms with E-state index >= 15 is 0 Å². The van der Waals surface area contributed by atoms with Crippen LogP contribution in [-0.2, 0) is 9.63 Å². The van der Waals surface area contributed by atoms with Gasteiger partial charge >= 0.3 is 0 Å². The van der Waals surface area contributed by atoms with Gasteiger partial charge in [-0.25, -0.2) is 0 Å². The van der Waals surface area contributed by atoms with Gasteiger partial charge in [0.05, 0.1) is 12.8 Å². The number of rotatable bonds is 4. The van der Waals surface area contributed by atoms with Crippen LogP contribution >= 0.6 is 0 Å². The Morgan fingerprint density at radius 1 is 1.20 bits per heavy atom. The average molecular weight is 340 g/mol. The van der Waals surface area contributed by atoms with Gasteiger partial charge in [0.2, 0.25) is 12.9 Å². The van der Waals surface area contributed by atoms with E-state index in [0.29, 0.717) is 35.1 Å². The molecule has 7 heteroatoms. The third-order valence-electron chi connectivity index (χ3n) is 4.02. The van der Waals surface area contributed by atoms with Crippen LogP contribution < -0.4 is 19.5 Å². The number of fused-ring (bicyclic) bond motifs is 1. The number of methoxy groups -OCH3 is 1. The number of nitrogens with one attached hydrogen (secondary N) is 1. The topological polar surface area (TPSA) is 78.4 Å². The molecule has 0 unspecified atom stereocenters. The van der Waals surface area contributed by atoms with E-state index in [1.165, 1.54) is 0 Å². The first-order chi connectivity index (χ1) is 12.2. The Balaban J connectivity index is 1.43. The molecule has 4 rings (SSSR count). The third-order valence-corrected chi connectivity index (χ3v) is 4.02. The van der Waals surface area contributed by atoms with Crippen LogP contribution in [0.5, 0.6) is 17.2 Å². The minimum Gasteiger partial charge on any atom is -0.496 e. The second kappa shape index (κ2) is 6.35. The van der Waals surface area contributed by atoms with E-state index in [2.05, 4.69) is 10.5 Å². The summed E-state index contributed by atoms with van der Waals surface area (Å²) in [6.45, 7) is 0.189. The maximum absolute atomic E-state index is 12.4. The lowest BCUT2D eigenvalue weighted by Crippen LogP contribution is -2.28. The molecule has 0 spiro atoms. The Morgan fingerprint density at radius 3 is 2.92 bits per heavy atom. The lowest BCUT2D eigenvalue weighted by molar-refractivity contribution is -0.125. The maximum atomic E-state index is 12.4. The van der Waals surface area contributed by atoms with Crippen molar-refractivity contribution >= 4 is 17.3 Å². The fraction of sp³-hybridized carbons (Fsp3) is 0.222. The second-order valence-electron chi connectivity index (χ2n) is 5.59. The fourth-order valence-electron chi connectivity index (χ4n) is 2.76. The molecule has 25 heavy (non-hydrogen) atoms. The van der Waals surface area contributed by atoms with Gasteiger partial charge in [0.15, 0.2) is 11.5 Å². The number of para-hydroxylation sites is 1. The SMILES string of the molecule is COc1ccccc1C1=NO[C@@H](C(=O)Nc2ccc3c(c2)OCO3)C1. The Bertz CT molecular complexity index is 849. The number of carbonyl (C=O) groups is 1. The molecule has 0 saturated heterocycles. The van der Waals surface area contributed by atoms with Crippen LogP contribution in [0.4, 0.5) is 5.69 Å². The zero-order valence-electron chi connectivity index (χ0n) is 13.5. The second-order valence-corrected chi connectivity index (χ2v) is 5.59. The van der Waals surface area contributed by atoms with Crippen LogP contribution in [0, 0.1) is 0 Å². The zero-order valence-corrected chi connectivity index (χ0v) is 13.5. The van der Waals surface area contributed by atoms with Gasteiger partial charge in [-0.05, 0) is 24.3 Å². The van der Waals surface area contributed by atoms with Gasteiger partial charge in [-0.15, -0.1) is 0 Å². The summed E-state index contributed by atoms with van der Waals surface area (Å²) in [6, 6.07) is 12.7. The number of ether oxygens (including phenoxy) is 3. The number of nitrogens with zero attached hydrogens (tertiary/aromatic N) is 1. The van der Waals surface area contributed by atoms with Crippen molar-refractivity contribution < 1.29 is 23.8 Å². The van der Waals surface area contributed by atoms with Crippen LogP contribution in [0.1, 0.15) is 12.0 Å². The van der Waals surface area contributed by atoms with Crippen molar-refractivity contribution in [3.05, 3.63) is 48.0 Å². The molecule has 0 saturated carbocycles. The van der Waals surface area contributed by atoms with Crippen molar-refractivity contribution in [1.29, 1.82) is 0 Å². The average Bonchev–Trinajstić information content (AvgIpc) is 3.30. The van der Waals surface area contributed by atoms with E-state index in [1.807, 2.05) is 24.3 Å². The van der Waals surface area contributed by atoms with Crippen molar-refractivity contribution in [3.8, 4) is 17.2 Å². The molecule has 2 heterocycles. The lowest BCUT2D eigenvalue weighted by Gasteiger charge is -2.10. The Kier molecular flexibility index (Phi) is 3.89. The van der Waals surface area contributed by atoms with Crippen molar-refractivity contribution in [2.45, 2.75) is 12.5 Å². The summed E-state index contributed by atoms with van der Waals surface area (Å²) < 4.78 is 15.9. The van der Waals surface area contributed by atoms with Crippen molar-refractivity contribution in [3.63, 3.8) is 0 Å². The number of hydrogen-bond donors (Lipinski definition) is 1. The normalized spacial score (nSPS) is 17.6. The highest BCUT2D eigenvalue weighted by Gasteiger charge is 2.30. The molecule has 1 atom stereocenters. The van der Waals surface area contributed by atoms with Crippen molar-refractivity contribution in [2.75, 3.05) is 19.2 Å². The summed E-state index contributed by atoms with van der Waals surface area (Å²) in [4.78, 5) is 17.7. The summed E-state index contributed by atoms with van der Waals surface area (Å²) in [5.74, 6) is 1.70. The molecule has 0 bridgehead atoms. The van der Waals surface area contributed by atoms with E-state index in [1.54, 1.807) is 25.3 Å². The van der Waals surface area contributed by atoms with Crippen LogP contribution in [0.2, 0.25) is 0 Å². The zero-order chi connectivity index (χ0) is 17.2. The predicted octanol–water partition coefficient (Wildman–Crippen LogP) is 2.56. The number of hydrogen-bond acceptors (Lipinski definition) is 6. The number of carbonyl (C=O) groups excluding carboxylic acids is 1. The summed E-state index contributed by atoms with van der Waals surface area (Å²) >= 11 is 0. The first-order valence-electron chi connectivity index (χ1n) is 7.81. The molecule has 7 nitrogen and oxygen atoms in total. The molecular formula is C18H16N2O5. The van der Waals surface area contributed by atoms with Gasteiger partial charge in [-0.2, -0.15) is 0 Å². The largest absolute Gasteiger partial charge is 0.496 e. The van der Waals surface area contributed by atoms with Gasteiger partial charge in [0.1, 0.15) is 5.75 Å². The highest BCUT2D eigenvalue weighted by molar-refractivity contribution is 6.07. The molecule has 2 aliphatic heterocycles. The molecule has 1 N–H and O–H groups in total. The fourth-order valence-corrected chi connectivity index (χ4v) is 2.76. The molecule has 2 aromatic rings. The number of benzene rings is 2. The number of amides is 1. The smallest absolute Gasteiger partial charge is 0.268 e. The third kappa shape index (κ3) is 2.96. The van der Waals surface area contributed by atoms with Gasteiger partial charge in [-0.3, -0.25) is 4.79 Å². The van der Waals surface area contributed by atoms with E-state index in [4.69, 9.17) is 19.0 Å². The molecule has 2 aliphatic rings. The van der Waals surface area contributed by atoms with Gasteiger partial charge in [-0.1, -0.05) is 17.3 Å². The van der Waals surface area contributed by atoms with E-state index in [-0.39, 0.29) is 12.7 Å². The van der Waals surface area contributed by atoms with Crippen LogP contribution in [0.15, 0.2) is 47.6 Å². The van der Waals surface area contributed by atoms with Crippen LogP contribution in [0.3, 0.4) is 0 Å². The number of oxime groups is 1. The predicted molar refractivity (Wildman–Crippen MR) is 90.2 cm³/mol. The van der Waals surface area contributed by atoms with Gasteiger partial charge < -0.3 is 24.4 Å². The van der Waals surface area contributed by atoms with Crippen LogP contribution in [0.25, 0.3) is 0 Å². The molecular weight excluding hydrogens is 324 g/mol. The Labute approximate surface area is 144 Å². The van der Waals surface area contributed by atoms with E-state index in [0.717, 1.165) is 5.56 Å². The quantitative estimate of drug-likeness (QED) is 0.925. The summed E-state index contributed by atoms with van der Waals surface area (Å²) in [5, 5.41) is 6.86. The van der Waals surface area contributed by atoms with E-state index in [9.17, 15) is 4.79 Å². The Hall–Kier alpha value is -3.22. The highest BCUT2D eigenvalue weighted by atomic mass is 16.7. The minimum atomic E-state index is -0.690. The monoisotopic (exact) mass is 340 g/mol. The molecule has 0 fully saturated rings.